The van der Waals surface area contributed by atoms with Crippen molar-refractivity contribution < 1.29 is 18.0 Å². The normalized spacial score (nSPS) is 16.2. The standard InChI is InChI=1S/C21H21F3N6O/c1-13-20(31)27-17-10-25-18(28-19(17)29(13)2)7-6-15-9-26-30(12-15)11-14-4-3-5-16(8-14)21(22,23)24/h3-5,8-10,12-13H,6-7,11H2,1-2H3,(H,27,31)/t13-/m0/s1. The third-order valence-electron chi connectivity index (χ3n) is 5.29. The monoisotopic (exact) mass is 430 g/mol. The number of carbonyl (C=O) groups excluding carboxylic acids is 1. The van der Waals surface area contributed by atoms with Gasteiger partial charge >= 0.3 is 6.18 Å². The van der Waals surface area contributed by atoms with Gasteiger partial charge in [-0.15, -0.1) is 0 Å². The maximum atomic E-state index is 12.9. The molecule has 0 saturated heterocycles. The van der Waals surface area contributed by atoms with Crippen molar-refractivity contribution in [2.24, 2.45) is 0 Å². The van der Waals surface area contributed by atoms with Crippen molar-refractivity contribution in [3.8, 4) is 0 Å². The number of fused-ring (bicyclic) bond motifs is 1. The van der Waals surface area contributed by atoms with Crippen molar-refractivity contribution in [3.05, 3.63) is 65.4 Å². The van der Waals surface area contributed by atoms with E-state index in [0.717, 1.165) is 17.7 Å². The van der Waals surface area contributed by atoms with Crippen molar-refractivity contribution in [3.63, 3.8) is 0 Å². The van der Waals surface area contributed by atoms with E-state index in [1.807, 2.05) is 18.1 Å². The van der Waals surface area contributed by atoms with Gasteiger partial charge in [0.05, 0.1) is 24.5 Å². The zero-order valence-electron chi connectivity index (χ0n) is 17.0. The minimum absolute atomic E-state index is 0.0977. The first-order valence-electron chi connectivity index (χ1n) is 9.78. The van der Waals surface area contributed by atoms with Gasteiger partial charge in [-0.2, -0.15) is 18.3 Å². The average Bonchev–Trinajstić information content (AvgIpc) is 3.18. The lowest BCUT2D eigenvalue weighted by Crippen LogP contribution is -2.44. The zero-order chi connectivity index (χ0) is 22.2. The fourth-order valence-corrected chi connectivity index (χ4v) is 3.39. The molecule has 0 fully saturated rings. The molecule has 2 aromatic heterocycles. The van der Waals surface area contributed by atoms with Crippen LogP contribution in [0.3, 0.4) is 0 Å². The third-order valence-corrected chi connectivity index (χ3v) is 5.29. The fourth-order valence-electron chi connectivity index (χ4n) is 3.39. The number of rotatable bonds is 5. The summed E-state index contributed by atoms with van der Waals surface area (Å²) in [5.41, 5.74) is 1.38. The molecule has 7 nitrogen and oxygen atoms in total. The number of nitrogens with one attached hydrogen (secondary N) is 1. The highest BCUT2D eigenvalue weighted by molar-refractivity contribution is 6.02. The Labute approximate surface area is 176 Å². The van der Waals surface area contributed by atoms with Crippen LogP contribution in [0.15, 0.2) is 42.9 Å². The molecule has 0 radical (unpaired) electrons. The number of hydrogen-bond donors (Lipinski definition) is 1. The van der Waals surface area contributed by atoms with E-state index < -0.39 is 11.7 Å². The van der Waals surface area contributed by atoms with E-state index in [9.17, 15) is 18.0 Å². The Morgan fingerprint density at radius 3 is 2.74 bits per heavy atom. The fraction of sp³-hybridized carbons (Fsp3) is 0.333. The predicted octanol–water partition coefficient (Wildman–Crippen LogP) is 3.30. The average molecular weight is 430 g/mol. The first-order valence-corrected chi connectivity index (χ1v) is 9.78. The SMILES string of the molecule is C[C@H]1C(=O)Nc2cnc(CCc3cnn(Cc4cccc(C(F)(F)F)c4)c3)nc2N1C. The molecule has 4 rings (SSSR count). The lowest BCUT2D eigenvalue weighted by atomic mass is 10.1. The summed E-state index contributed by atoms with van der Waals surface area (Å²) in [5.74, 6) is 1.22. The van der Waals surface area contributed by atoms with E-state index in [4.69, 9.17) is 0 Å². The summed E-state index contributed by atoms with van der Waals surface area (Å²) >= 11 is 0. The maximum Gasteiger partial charge on any atom is 0.416 e. The Bertz CT molecular complexity index is 1110. The topological polar surface area (TPSA) is 75.9 Å². The van der Waals surface area contributed by atoms with Crippen molar-refractivity contribution in [2.45, 2.75) is 38.5 Å². The van der Waals surface area contributed by atoms with Crippen molar-refractivity contribution >= 4 is 17.4 Å². The Morgan fingerprint density at radius 1 is 1.16 bits per heavy atom. The molecular weight excluding hydrogens is 409 g/mol. The van der Waals surface area contributed by atoms with Crippen LogP contribution in [0, 0.1) is 0 Å². The highest BCUT2D eigenvalue weighted by Gasteiger charge is 2.30. The van der Waals surface area contributed by atoms with Gasteiger partial charge in [-0.3, -0.25) is 9.48 Å². The Hall–Kier alpha value is -3.43. The molecule has 1 aliphatic heterocycles. The molecule has 0 saturated carbocycles. The largest absolute Gasteiger partial charge is 0.416 e. The summed E-state index contributed by atoms with van der Waals surface area (Å²) in [6.07, 6.45) is 1.95. The molecule has 0 unspecified atom stereocenters. The number of hydrogen-bond acceptors (Lipinski definition) is 5. The van der Waals surface area contributed by atoms with Crippen LogP contribution in [0.25, 0.3) is 0 Å². The highest BCUT2D eigenvalue weighted by Crippen LogP contribution is 2.30. The number of nitrogens with zero attached hydrogens (tertiary/aromatic N) is 5. The number of halogens is 3. The van der Waals surface area contributed by atoms with Gasteiger partial charge in [0.1, 0.15) is 17.6 Å². The lowest BCUT2D eigenvalue weighted by molar-refractivity contribution is -0.137. The van der Waals surface area contributed by atoms with E-state index in [2.05, 4.69) is 20.4 Å². The van der Waals surface area contributed by atoms with Crippen LogP contribution >= 0.6 is 0 Å². The van der Waals surface area contributed by atoms with E-state index in [1.54, 1.807) is 30.1 Å². The molecule has 1 N–H and O–H groups in total. The Balaban J connectivity index is 1.41. The number of alkyl halides is 3. The molecule has 162 valence electrons. The van der Waals surface area contributed by atoms with Crippen LogP contribution in [-0.2, 0) is 30.4 Å². The van der Waals surface area contributed by atoms with Crippen molar-refractivity contribution in [2.75, 3.05) is 17.3 Å². The maximum absolute atomic E-state index is 12.9. The van der Waals surface area contributed by atoms with Crippen LogP contribution in [-0.4, -0.2) is 38.7 Å². The number of carbonyl (C=O) groups is 1. The molecule has 1 aliphatic rings. The number of anilines is 2. The number of aryl methyl sites for hydroxylation is 2. The molecule has 0 spiro atoms. The number of aromatic nitrogens is 4. The van der Waals surface area contributed by atoms with Crippen molar-refractivity contribution in [1.29, 1.82) is 0 Å². The van der Waals surface area contributed by atoms with Crippen LogP contribution in [0.5, 0.6) is 0 Å². The number of likely N-dealkylation sites (N-methyl/N-ethyl adjacent to an activating group) is 1. The van der Waals surface area contributed by atoms with Gasteiger partial charge in [-0.25, -0.2) is 9.97 Å². The minimum Gasteiger partial charge on any atom is -0.346 e. The second-order valence-electron chi connectivity index (χ2n) is 7.54. The first-order chi connectivity index (χ1) is 14.7. The summed E-state index contributed by atoms with van der Waals surface area (Å²) in [5, 5.41) is 7.05. The molecule has 3 aromatic rings. The van der Waals surface area contributed by atoms with Gasteiger partial charge in [-0.05, 0) is 36.6 Å². The quantitative estimate of drug-likeness (QED) is 0.672. The second kappa shape index (κ2) is 8.01. The molecule has 10 heteroatoms. The molecule has 0 aliphatic carbocycles. The van der Waals surface area contributed by atoms with Gasteiger partial charge in [-0.1, -0.05) is 12.1 Å². The number of benzene rings is 1. The van der Waals surface area contributed by atoms with Crippen LogP contribution < -0.4 is 10.2 Å². The number of amides is 1. The smallest absolute Gasteiger partial charge is 0.346 e. The van der Waals surface area contributed by atoms with E-state index in [1.165, 1.54) is 6.07 Å². The Morgan fingerprint density at radius 2 is 1.97 bits per heavy atom. The van der Waals surface area contributed by atoms with Gasteiger partial charge < -0.3 is 10.2 Å². The van der Waals surface area contributed by atoms with Crippen molar-refractivity contribution in [1.82, 2.24) is 19.7 Å². The zero-order valence-corrected chi connectivity index (χ0v) is 17.0. The third kappa shape index (κ3) is 4.52. The molecule has 1 atom stereocenters. The first kappa shape index (κ1) is 20.8. The lowest BCUT2D eigenvalue weighted by Gasteiger charge is -2.31. The molecular formula is C21H21F3N6O. The van der Waals surface area contributed by atoms with E-state index >= 15 is 0 Å². The van der Waals surface area contributed by atoms with Crippen LogP contribution in [0.4, 0.5) is 24.7 Å². The molecule has 31 heavy (non-hydrogen) atoms. The van der Waals surface area contributed by atoms with Crippen LogP contribution in [0.2, 0.25) is 0 Å². The highest BCUT2D eigenvalue weighted by atomic mass is 19.4. The Kier molecular flexibility index (Phi) is 5.38. The molecule has 1 amide bonds. The van der Waals surface area contributed by atoms with Gasteiger partial charge in [0.2, 0.25) is 5.91 Å². The minimum atomic E-state index is -4.37. The molecule has 0 bridgehead atoms. The summed E-state index contributed by atoms with van der Waals surface area (Å²) in [6, 6.07) is 4.92. The van der Waals surface area contributed by atoms with Crippen LogP contribution in [0.1, 0.15) is 29.4 Å². The molecule has 3 heterocycles. The second-order valence-corrected chi connectivity index (χ2v) is 7.54. The summed E-state index contributed by atoms with van der Waals surface area (Å²) in [6.45, 7) is 2.06. The van der Waals surface area contributed by atoms with E-state index in [-0.39, 0.29) is 18.5 Å². The van der Waals surface area contributed by atoms with E-state index in [0.29, 0.717) is 35.7 Å². The summed E-state index contributed by atoms with van der Waals surface area (Å²) in [4.78, 5) is 22.6. The predicted molar refractivity (Wildman–Crippen MR) is 109 cm³/mol. The summed E-state index contributed by atoms with van der Waals surface area (Å²) in [7, 11) is 1.82. The van der Waals surface area contributed by atoms with Gasteiger partial charge in [0, 0.05) is 19.7 Å². The molecule has 1 aromatic carbocycles. The van der Waals surface area contributed by atoms with Gasteiger partial charge in [0.25, 0.3) is 0 Å². The summed E-state index contributed by atoms with van der Waals surface area (Å²) < 4.78 is 40.3. The van der Waals surface area contributed by atoms with Gasteiger partial charge in [0.15, 0.2) is 5.82 Å².